The van der Waals surface area contributed by atoms with Crippen LogP contribution in [-0.4, -0.2) is 9.13 Å². The highest BCUT2D eigenvalue weighted by atomic mass is 15.0. The first-order valence-corrected chi connectivity index (χ1v) is 15.9. The van der Waals surface area contributed by atoms with Crippen molar-refractivity contribution in [1.82, 2.24) is 9.13 Å². The van der Waals surface area contributed by atoms with Crippen LogP contribution in [0.1, 0.15) is 11.1 Å². The molecule has 4 nitrogen and oxygen atoms in total. The molecule has 0 aliphatic heterocycles. The maximum atomic E-state index is 10.2. The Hall–Kier alpha value is -6.88. The summed E-state index contributed by atoms with van der Waals surface area (Å²) in [6, 6.07) is 58.9. The van der Waals surface area contributed by atoms with Crippen LogP contribution in [0.25, 0.3) is 77.2 Å². The summed E-state index contributed by atoms with van der Waals surface area (Å²) in [5, 5.41) is 24.5. The molecule has 2 aromatic heterocycles. The largest absolute Gasteiger partial charge is 0.309 e. The molecule has 7 aromatic carbocycles. The molecule has 48 heavy (non-hydrogen) atoms. The van der Waals surface area contributed by atoms with Gasteiger partial charge in [0.2, 0.25) is 0 Å². The van der Waals surface area contributed by atoms with Crippen LogP contribution in [0.2, 0.25) is 0 Å². The summed E-state index contributed by atoms with van der Waals surface area (Å²) in [5.41, 5.74) is 11.7. The first-order chi connectivity index (χ1) is 23.7. The van der Waals surface area contributed by atoms with E-state index in [-0.39, 0.29) is 0 Å². The van der Waals surface area contributed by atoms with Gasteiger partial charge in [-0.1, -0.05) is 103 Å². The standard InChI is InChI=1S/C44H26N4/c45-27-31-24-25-33(47-40-16-6-2-12-35(40)36-13-3-7-17-41(36)47)26-38(31)30-22-20-29(21-23-30)34-11-1-5-15-39(34)48-42-18-8-4-14-37(42)44-32(28-46)10-9-19-43(44)48/h1-26H. The van der Waals surface area contributed by atoms with E-state index in [1.807, 2.05) is 36.4 Å². The molecular weight excluding hydrogens is 585 g/mol. The maximum Gasteiger partial charge on any atom is 0.0998 e. The van der Waals surface area contributed by atoms with Crippen LogP contribution in [0, 0.1) is 22.7 Å². The Balaban J connectivity index is 1.18. The van der Waals surface area contributed by atoms with Crippen molar-refractivity contribution in [3.63, 3.8) is 0 Å². The van der Waals surface area contributed by atoms with Gasteiger partial charge in [0.05, 0.1) is 51.0 Å². The van der Waals surface area contributed by atoms with Crippen molar-refractivity contribution in [3.05, 3.63) is 169 Å². The third-order valence-electron chi connectivity index (χ3n) is 9.43. The number of hydrogen-bond donors (Lipinski definition) is 0. The lowest BCUT2D eigenvalue weighted by atomic mass is 9.96. The molecule has 0 radical (unpaired) electrons. The van der Waals surface area contributed by atoms with Gasteiger partial charge < -0.3 is 9.13 Å². The highest BCUT2D eigenvalue weighted by Crippen LogP contribution is 2.39. The SMILES string of the molecule is N#Cc1ccc(-n2c3ccccc3c3ccccc32)cc1-c1ccc(-c2ccccc2-n2c3ccccc3c3c(C#N)cccc32)cc1. The van der Waals surface area contributed by atoms with E-state index in [2.05, 4.69) is 143 Å². The second-order valence-corrected chi connectivity index (χ2v) is 12.0. The second kappa shape index (κ2) is 10.9. The van der Waals surface area contributed by atoms with Crippen molar-refractivity contribution in [2.45, 2.75) is 0 Å². The quantitative estimate of drug-likeness (QED) is 0.199. The number of benzene rings is 7. The van der Waals surface area contributed by atoms with Gasteiger partial charge in [-0.25, -0.2) is 0 Å². The Labute approximate surface area is 277 Å². The smallest absolute Gasteiger partial charge is 0.0998 e. The fourth-order valence-corrected chi connectivity index (χ4v) is 7.32. The summed E-state index contributed by atoms with van der Waals surface area (Å²) in [6.07, 6.45) is 0. The van der Waals surface area contributed by atoms with Crippen LogP contribution >= 0.6 is 0 Å². The Morgan fingerprint density at radius 2 is 0.938 bits per heavy atom. The third-order valence-corrected chi connectivity index (χ3v) is 9.43. The Morgan fingerprint density at radius 1 is 0.396 bits per heavy atom. The van der Waals surface area contributed by atoms with Crippen LogP contribution < -0.4 is 0 Å². The molecule has 9 aromatic rings. The van der Waals surface area contributed by atoms with Crippen molar-refractivity contribution >= 4 is 43.6 Å². The average Bonchev–Trinajstić information content (AvgIpc) is 3.68. The van der Waals surface area contributed by atoms with Gasteiger partial charge in [0, 0.05) is 38.4 Å². The van der Waals surface area contributed by atoms with E-state index in [0.717, 1.165) is 66.5 Å². The number of nitrogens with zero attached hydrogens (tertiary/aromatic N) is 4. The van der Waals surface area contributed by atoms with Gasteiger partial charge in [0.1, 0.15) is 0 Å². The van der Waals surface area contributed by atoms with E-state index in [1.54, 1.807) is 0 Å². The first-order valence-electron chi connectivity index (χ1n) is 15.9. The number of rotatable bonds is 4. The normalized spacial score (nSPS) is 11.3. The molecular formula is C44H26N4. The van der Waals surface area contributed by atoms with Gasteiger partial charge in [-0.3, -0.25) is 0 Å². The molecule has 0 atom stereocenters. The van der Waals surface area contributed by atoms with Crippen LogP contribution in [0.15, 0.2) is 158 Å². The van der Waals surface area contributed by atoms with Gasteiger partial charge in [-0.05, 0) is 65.7 Å². The molecule has 0 aliphatic carbocycles. The minimum absolute atomic E-state index is 0.631. The van der Waals surface area contributed by atoms with Crippen molar-refractivity contribution in [1.29, 1.82) is 10.5 Å². The van der Waals surface area contributed by atoms with Crippen molar-refractivity contribution in [2.24, 2.45) is 0 Å². The molecule has 0 unspecified atom stereocenters. The van der Waals surface area contributed by atoms with Crippen molar-refractivity contribution in [2.75, 3.05) is 0 Å². The highest BCUT2D eigenvalue weighted by molar-refractivity contribution is 6.12. The molecule has 0 spiro atoms. The monoisotopic (exact) mass is 610 g/mol. The van der Waals surface area contributed by atoms with Crippen LogP contribution in [0.3, 0.4) is 0 Å². The van der Waals surface area contributed by atoms with Gasteiger partial charge in [-0.15, -0.1) is 0 Å². The fraction of sp³-hybridized carbons (Fsp3) is 0. The summed E-state index contributed by atoms with van der Waals surface area (Å²) < 4.78 is 4.54. The average molecular weight is 611 g/mol. The Kier molecular flexibility index (Phi) is 6.22. The van der Waals surface area contributed by atoms with E-state index in [0.29, 0.717) is 11.1 Å². The number of aromatic nitrogens is 2. The molecule has 0 N–H and O–H groups in total. The lowest BCUT2D eigenvalue weighted by molar-refractivity contribution is 1.18. The van der Waals surface area contributed by atoms with Crippen LogP contribution in [-0.2, 0) is 0 Å². The van der Waals surface area contributed by atoms with Gasteiger partial charge in [0.25, 0.3) is 0 Å². The minimum atomic E-state index is 0.631. The highest BCUT2D eigenvalue weighted by Gasteiger charge is 2.18. The number of hydrogen-bond acceptors (Lipinski definition) is 2. The minimum Gasteiger partial charge on any atom is -0.309 e. The zero-order valence-electron chi connectivity index (χ0n) is 25.8. The predicted octanol–water partition coefficient (Wildman–Crippen LogP) is 11.0. The summed E-state index contributed by atoms with van der Waals surface area (Å²) in [4.78, 5) is 0. The molecule has 2 heterocycles. The second-order valence-electron chi connectivity index (χ2n) is 12.0. The number of fused-ring (bicyclic) bond motifs is 6. The predicted molar refractivity (Wildman–Crippen MR) is 195 cm³/mol. The summed E-state index contributed by atoms with van der Waals surface area (Å²) >= 11 is 0. The zero-order valence-corrected chi connectivity index (χ0v) is 25.8. The first kappa shape index (κ1) is 27.4. The molecule has 0 saturated heterocycles. The topological polar surface area (TPSA) is 57.4 Å². The van der Waals surface area contributed by atoms with Crippen LogP contribution in [0.5, 0.6) is 0 Å². The number of nitriles is 2. The zero-order chi connectivity index (χ0) is 32.2. The van der Waals surface area contributed by atoms with E-state index >= 15 is 0 Å². The molecule has 4 heteroatoms. The lowest BCUT2D eigenvalue weighted by Gasteiger charge is -2.15. The molecule has 0 aliphatic rings. The third kappa shape index (κ3) is 4.07. The lowest BCUT2D eigenvalue weighted by Crippen LogP contribution is -1.97. The van der Waals surface area contributed by atoms with Gasteiger partial charge in [0.15, 0.2) is 0 Å². The summed E-state index contributed by atoms with van der Waals surface area (Å²) in [5.74, 6) is 0. The Morgan fingerprint density at radius 3 is 1.60 bits per heavy atom. The molecule has 222 valence electrons. The van der Waals surface area contributed by atoms with Gasteiger partial charge in [-0.2, -0.15) is 10.5 Å². The van der Waals surface area contributed by atoms with E-state index in [4.69, 9.17) is 0 Å². The van der Waals surface area contributed by atoms with Crippen LogP contribution in [0.4, 0.5) is 0 Å². The molecule has 9 rings (SSSR count). The van der Waals surface area contributed by atoms with Crippen molar-refractivity contribution in [3.8, 4) is 45.8 Å². The van der Waals surface area contributed by atoms with E-state index in [1.165, 1.54) is 10.8 Å². The molecule has 0 bridgehead atoms. The summed E-state index contributed by atoms with van der Waals surface area (Å²) in [7, 11) is 0. The molecule has 0 amide bonds. The van der Waals surface area contributed by atoms with Gasteiger partial charge >= 0.3 is 0 Å². The van der Waals surface area contributed by atoms with E-state index < -0.39 is 0 Å². The number of para-hydroxylation sites is 4. The maximum absolute atomic E-state index is 10.2. The Bertz CT molecular complexity index is 2750. The summed E-state index contributed by atoms with van der Waals surface area (Å²) in [6.45, 7) is 0. The molecule has 0 fully saturated rings. The fourth-order valence-electron chi connectivity index (χ4n) is 7.32. The van der Waals surface area contributed by atoms with E-state index in [9.17, 15) is 10.5 Å². The van der Waals surface area contributed by atoms with Crippen molar-refractivity contribution < 1.29 is 0 Å². The molecule has 0 saturated carbocycles.